The van der Waals surface area contributed by atoms with Crippen molar-refractivity contribution < 1.29 is 23.1 Å². The molecular formula is C12H13F2NO3. The maximum Gasteiger partial charge on any atom is 0.315 e. The molecule has 0 radical (unpaired) electrons. The molecule has 98 valence electrons. The van der Waals surface area contributed by atoms with Gasteiger partial charge in [-0.15, -0.1) is 0 Å². The van der Waals surface area contributed by atoms with Crippen LogP contribution < -0.4 is 5.32 Å². The number of hydrogen-bond acceptors (Lipinski definition) is 3. The maximum atomic E-state index is 13.2. The van der Waals surface area contributed by atoms with Crippen LogP contribution in [0.25, 0.3) is 0 Å². The van der Waals surface area contributed by atoms with Crippen LogP contribution in [-0.4, -0.2) is 18.5 Å². The van der Waals surface area contributed by atoms with Crippen LogP contribution >= 0.6 is 0 Å². The number of hydrogen-bond donors (Lipinski definition) is 1. The SMILES string of the molecule is CCOC(=O)CC(=O)NCc1ccc(F)cc1F. The number of nitrogens with one attached hydrogen (secondary N) is 1. The van der Waals surface area contributed by atoms with Crippen molar-refractivity contribution in [2.45, 2.75) is 19.9 Å². The summed E-state index contributed by atoms with van der Waals surface area (Å²) in [4.78, 5) is 22.2. The number of rotatable bonds is 5. The predicted octanol–water partition coefficient (Wildman–Crippen LogP) is 1.53. The van der Waals surface area contributed by atoms with Crippen LogP contribution in [0.2, 0.25) is 0 Å². The Morgan fingerprint density at radius 1 is 1.33 bits per heavy atom. The number of carbonyl (C=O) groups is 2. The zero-order chi connectivity index (χ0) is 13.5. The molecule has 0 saturated carbocycles. The Bertz CT molecular complexity index is 449. The third-order valence-electron chi connectivity index (χ3n) is 2.10. The molecule has 1 aromatic carbocycles. The van der Waals surface area contributed by atoms with Gasteiger partial charge in [-0.05, 0) is 13.0 Å². The van der Waals surface area contributed by atoms with E-state index in [1.807, 2.05) is 0 Å². The first-order chi connectivity index (χ1) is 8.52. The summed E-state index contributed by atoms with van der Waals surface area (Å²) in [5.74, 6) is -2.65. The molecule has 0 aliphatic carbocycles. The first-order valence-electron chi connectivity index (χ1n) is 5.39. The Balaban J connectivity index is 2.45. The molecule has 0 atom stereocenters. The van der Waals surface area contributed by atoms with E-state index in [4.69, 9.17) is 0 Å². The lowest BCUT2D eigenvalue weighted by Gasteiger charge is -2.06. The van der Waals surface area contributed by atoms with Gasteiger partial charge in [-0.25, -0.2) is 8.78 Å². The predicted molar refractivity (Wildman–Crippen MR) is 59.5 cm³/mol. The summed E-state index contributed by atoms with van der Waals surface area (Å²) in [6.07, 6.45) is -0.420. The summed E-state index contributed by atoms with van der Waals surface area (Å²) in [6.45, 7) is 1.72. The topological polar surface area (TPSA) is 55.4 Å². The van der Waals surface area contributed by atoms with Crippen LogP contribution in [0, 0.1) is 11.6 Å². The lowest BCUT2D eigenvalue weighted by molar-refractivity contribution is -0.146. The van der Waals surface area contributed by atoms with E-state index >= 15 is 0 Å². The Labute approximate surface area is 103 Å². The van der Waals surface area contributed by atoms with Crippen LogP contribution in [-0.2, 0) is 20.9 Å². The molecule has 0 aromatic heterocycles. The van der Waals surface area contributed by atoms with Gasteiger partial charge in [-0.3, -0.25) is 9.59 Å². The average molecular weight is 257 g/mol. The largest absolute Gasteiger partial charge is 0.466 e. The number of amides is 1. The molecule has 0 fully saturated rings. The highest BCUT2D eigenvalue weighted by Gasteiger charge is 2.11. The van der Waals surface area contributed by atoms with E-state index in [0.717, 1.165) is 12.1 Å². The summed E-state index contributed by atoms with van der Waals surface area (Å²) >= 11 is 0. The van der Waals surface area contributed by atoms with Crippen molar-refractivity contribution in [1.29, 1.82) is 0 Å². The lowest BCUT2D eigenvalue weighted by Crippen LogP contribution is -2.26. The van der Waals surface area contributed by atoms with Crippen molar-refractivity contribution in [3.63, 3.8) is 0 Å². The van der Waals surface area contributed by atoms with E-state index in [0.29, 0.717) is 0 Å². The van der Waals surface area contributed by atoms with Gasteiger partial charge >= 0.3 is 5.97 Å². The van der Waals surface area contributed by atoms with Gasteiger partial charge in [0.25, 0.3) is 0 Å². The molecule has 6 heteroatoms. The number of ether oxygens (including phenoxy) is 1. The molecule has 0 spiro atoms. The van der Waals surface area contributed by atoms with Gasteiger partial charge in [0, 0.05) is 18.2 Å². The van der Waals surface area contributed by atoms with Gasteiger partial charge < -0.3 is 10.1 Å². The van der Waals surface area contributed by atoms with Crippen LogP contribution in [0.1, 0.15) is 18.9 Å². The molecule has 0 heterocycles. The second-order valence-corrected chi connectivity index (χ2v) is 3.49. The standard InChI is InChI=1S/C12H13F2NO3/c1-2-18-12(17)6-11(16)15-7-8-3-4-9(13)5-10(8)14/h3-5H,2,6-7H2,1H3,(H,15,16). The molecule has 1 amide bonds. The number of esters is 1. The fraction of sp³-hybridized carbons (Fsp3) is 0.333. The third kappa shape index (κ3) is 4.48. The van der Waals surface area contributed by atoms with Gasteiger partial charge in [0.1, 0.15) is 18.1 Å². The van der Waals surface area contributed by atoms with Gasteiger partial charge in [0.2, 0.25) is 5.91 Å². The van der Waals surface area contributed by atoms with Crippen LogP contribution in [0.5, 0.6) is 0 Å². The van der Waals surface area contributed by atoms with Crippen molar-refractivity contribution in [2.75, 3.05) is 6.61 Å². The third-order valence-corrected chi connectivity index (χ3v) is 2.10. The Morgan fingerprint density at radius 2 is 2.06 bits per heavy atom. The van der Waals surface area contributed by atoms with E-state index in [-0.39, 0.29) is 18.7 Å². The van der Waals surface area contributed by atoms with Crippen molar-refractivity contribution >= 4 is 11.9 Å². The monoisotopic (exact) mass is 257 g/mol. The van der Waals surface area contributed by atoms with E-state index in [1.54, 1.807) is 6.92 Å². The molecule has 0 aliphatic heterocycles. The van der Waals surface area contributed by atoms with Gasteiger partial charge in [0.05, 0.1) is 6.61 Å². The second-order valence-electron chi connectivity index (χ2n) is 3.49. The fourth-order valence-electron chi connectivity index (χ4n) is 1.26. The zero-order valence-corrected chi connectivity index (χ0v) is 9.83. The van der Waals surface area contributed by atoms with Crippen molar-refractivity contribution in [3.05, 3.63) is 35.4 Å². The molecule has 18 heavy (non-hydrogen) atoms. The quantitative estimate of drug-likeness (QED) is 0.643. The minimum atomic E-state index is -0.744. The van der Waals surface area contributed by atoms with E-state index < -0.39 is 29.9 Å². The lowest BCUT2D eigenvalue weighted by atomic mass is 10.2. The van der Waals surface area contributed by atoms with E-state index in [9.17, 15) is 18.4 Å². The highest BCUT2D eigenvalue weighted by Crippen LogP contribution is 2.09. The molecule has 1 aromatic rings. The van der Waals surface area contributed by atoms with Gasteiger partial charge in [0.15, 0.2) is 0 Å². The van der Waals surface area contributed by atoms with Crippen LogP contribution in [0.3, 0.4) is 0 Å². The first kappa shape index (κ1) is 14.1. The Kier molecular flexibility index (Phi) is 5.23. The molecule has 1 rings (SSSR count). The highest BCUT2D eigenvalue weighted by atomic mass is 19.1. The van der Waals surface area contributed by atoms with Crippen molar-refractivity contribution in [3.8, 4) is 0 Å². The minimum Gasteiger partial charge on any atom is -0.466 e. The number of benzene rings is 1. The summed E-state index contributed by atoms with van der Waals surface area (Å²) in [7, 11) is 0. The zero-order valence-electron chi connectivity index (χ0n) is 9.83. The summed E-state index contributed by atoms with van der Waals surface area (Å²) in [6, 6.07) is 3.05. The Hall–Kier alpha value is -1.98. The van der Waals surface area contributed by atoms with E-state index in [2.05, 4.69) is 10.1 Å². The summed E-state index contributed by atoms with van der Waals surface area (Å²) < 4.78 is 30.4. The van der Waals surface area contributed by atoms with Crippen LogP contribution in [0.15, 0.2) is 18.2 Å². The molecule has 4 nitrogen and oxygen atoms in total. The fourth-order valence-corrected chi connectivity index (χ4v) is 1.26. The molecular weight excluding hydrogens is 244 g/mol. The maximum absolute atomic E-state index is 13.2. The average Bonchev–Trinajstić information content (AvgIpc) is 2.28. The van der Waals surface area contributed by atoms with Gasteiger partial charge in [-0.1, -0.05) is 6.07 Å². The molecule has 0 bridgehead atoms. The smallest absolute Gasteiger partial charge is 0.315 e. The molecule has 0 aliphatic rings. The normalized spacial score (nSPS) is 9.94. The van der Waals surface area contributed by atoms with Crippen molar-refractivity contribution in [2.24, 2.45) is 0 Å². The Morgan fingerprint density at radius 3 is 2.67 bits per heavy atom. The van der Waals surface area contributed by atoms with Crippen molar-refractivity contribution in [1.82, 2.24) is 5.32 Å². The highest BCUT2D eigenvalue weighted by molar-refractivity contribution is 5.94. The summed E-state index contributed by atoms with van der Waals surface area (Å²) in [5, 5.41) is 2.35. The summed E-state index contributed by atoms with van der Waals surface area (Å²) in [5.41, 5.74) is 0.147. The molecule has 1 N–H and O–H groups in total. The number of carbonyl (C=O) groups excluding carboxylic acids is 2. The number of halogens is 2. The van der Waals surface area contributed by atoms with E-state index in [1.165, 1.54) is 6.07 Å². The first-order valence-corrected chi connectivity index (χ1v) is 5.39. The minimum absolute atomic E-state index is 0.107. The molecule has 0 saturated heterocycles. The van der Waals surface area contributed by atoms with Crippen LogP contribution in [0.4, 0.5) is 8.78 Å². The second kappa shape index (κ2) is 6.68. The molecule has 0 unspecified atom stereocenters. The van der Waals surface area contributed by atoms with Gasteiger partial charge in [-0.2, -0.15) is 0 Å².